The van der Waals surface area contributed by atoms with Crippen LogP contribution in [0.15, 0.2) is 42.5 Å². The van der Waals surface area contributed by atoms with E-state index in [1.165, 1.54) is 15.3 Å². The van der Waals surface area contributed by atoms with Gasteiger partial charge in [-0.25, -0.2) is 0 Å². The number of nitrogens with one attached hydrogen (secondary N) is 1. The van der Waals surface area contributed by atoms with Crippen molar-refractivity contribution in [3.05, 3.63) is 57.8 Å². The molecule has 1 fully saturated rings. The average Bonchev–Trinajstić information content (AvgIpc) is 3.04. The number of likely N-dealkylation sites (N-methyl/N-ethyl adjacent to an activating group) is 1. The van der Waals surface area contributed by atoms with E-state index in [9.17, 15) is 4.79 Å². The number of hydrogen-bond donors (Lipinski definition) is 1. The number of amides is 1. The Balaban J connectivity index is 1.66. The maximum absolute atomic E-state index is 12.4. The van der Waals surface area contributed by atoms with Crippen molar-refractivity contribution in [1.82, 2.24) is 10.2 Å². The highest BCUT2D eigenvalue weighted by atomic mass is 32.1. The van der Waals surface area contributed by atoms with E-state index in [1.54, 1.807) is 11.3 Å². The van der Waals surface area contributed by atoms with Crippen LogP contribution in [0.5, 0.6) is 0 Å². The zero-order valence-electron chi connectivity index (χ0n) is 12.4. The van der Waals surface area contributed by atoms with E-state index >= 15 is 0 Å². The van der Waals surface area contributed by atoms with Gasteiger partial charge in [-0.1, -0.05) is 30.3 Å². The zero-order valence-corrected chi connectivity index (χ0v) is 13.2. The minimum absolute atomic E-state index is 0.0250. The number of nitrogens with zero attached hydrogens (tertiary/aromatic N) is 1. The van der Waals surface area contributed by atoms with Crippen molar-refractivity contribution in [2.75, 3.05) is 7.05 Å². The number of thiophene rings is 1. The molecule has 21 heavy (non-hydrogen) atoms. The molecule has 1 aliphatic heterocycles. The predicted molar refractivity (Wildman–Crippen MR) is 86.3 cm³/mol. The minimum Gasteiger partial charge on any atom is -0.324 e. The van der Waals surface area contributed by atoms with Gasteiger partial charge < -0.3 is 4.90 Å². The van der Waals surface area contributed by atoms with Crippen molar-refractivity contribution in [1.29, 1.82) is 0 Å². The third kappa shape index (κ3) is 3.01. The predicted octanol–water partition coefficient (Wildman–Crippen LogP) is 3.12. The van der Waals surface area contributed by atoms with Gasteiger partial charge in [0.1, 0.15) is 6.17 Å². The van der Waals surface area contributed by atoms with Gasteiger partial charge in [0.25, 0.3) is 0 Å². The maximum Gasteiger partial charge on any atom is 0.241 e. The topological polar surface area (TPSA) is 32.3 Å². The fourth-order valence-electron chi connectivity index (χ4n) is 2.78. The quantitative estimate of drug-likeness (QED) is 0.941. The van der Waals surface area contributed by atoms with Crippen molar-refractivity contribution in [3.8, 4) is 0 Å². The second-order valence-corrected chi connectivity index (χ2v) is 6.86. The first-order valence-electron chi connectivity index (χ1n) is 7.28. The summed E-state index contributed by atoms with van der Waals surface area (Å²) in [5.74, 6) is 0.196. The van der Waals surface area contributed by atoms with E-state index in [-0.39, 0.29) is 18.1 Å². The monoisotopic (exact) mass is 300 g/mol. The fraction of sp³-hybridized carbons (Fsp3) is 0.353. The van der Waals surface area contributed by atoms with Gasteiger partial charge >= 0.3 is 0 Å². The second kappa shape index (κ2) is 6.00. The highest BCUT2D eigenvalue weighted by Crippen LogP contribution is 2.30. The van der Waals surface area contributed by atoms with E-state index in [2.05, 4.69) is 36.5 Å². The van der Waals surface area contributed by atoms with Gasteiger partial charge in [0.05, 0.1) is 6.04 Å². The van der Waals surface area contributed by atoms with Crippen molar-refractivity contribution in [2.45, 2.75) is 32.0 Å². The molecule has 4 heteroatoms. The van der Waals surface area contributed by atoms with Crippen LogP contribution < -0.4 is 5.32 Å². The number of carbonyl (C=O) groups is 1. The lowest BCUT2D eigenvalue weighted by Gasteiger charge is -2.17. The Kier molecular flexibility index (Phi) is 4.08. The van der Waals surface area contributed by atoms with E-state index < -0.39 is 0 Å². The van der Waals surface area contributed by atoms with Gasteiger partial charge in [-0.05, 0) is 37.5 Å². The molecule has 3 nitrogen and oxygen atoms in total. The molecule has 1 amide bonds. The summed E-state index contributed by atoms with van der Waals surface area (Å²) in [7, 11) is 1.89. The Bertz CT molecular complexity index is 623. The molecule has 1 aromatic carbocycles. The number of aryl methyl sites for hydroxylation is 2. The highest BCUT2D eigenvalue weighted by Gasteiger charge is 2.37. The molecule has 3 rings (SSSR count). The lowest BCUT2D eigenvalue weighted by molar-refractivity contribution is -0.128. The van der Waals surface area contributed by atoms with Crippen LogP contribution in [0.1, 0.15) is 27.9 Å². The van der Waals surface area contributed by atoms with Crippen LogP contribution >= 0.6 is 11.3 Å². The van der Waals surface area contributed by atoms with Crippen LogP contribution in [-0.2, 0) is 11.2 Å². The molecule has 1 saturated heterocycles. The van der Waals surface area contributed by atoms with E-state index in [0.717, 1.165) is 12.8 Å². The minimum atomic E-state index is -0.0809. The van der Waals surface area contributed by atoms with Gasteiger partial charge in [0.2, 0.25) is 5.91 Å². The molecule has 1 aromatic heterocycles. The third-order valence-electron chi connectivity index (χ3n) is 3.99. The Labute approximate surface area is 129 Å². The summed E-state index contributed by atoms with van der Waals surface area (Å²) in [6.07, 6.45) is 1.79. The highest BCUT2D eigenvalue weighted by molar-refractivity contribution is 7.12. The van der Waals surface area contributed by atoms with Gasteiger partial charge in [-0.15, -0.1) is 11.3 Å². The SMILES string of the molecule is Cc1ccc(C2NC(CCc3ccccc3)C(=O)N2C)s1. The summed E-state index contributed by atoms with van der Waals surface area (Å²) in [5, 5.41) is 3.48. The summed E-state index contributed by atoms with van der Waals surface area (Å²) in [5.41, 5.74) is 1.28. The standard InChI is InChI=1S/C17H20N2OS/c1-12-8-11-15(21-12)16-18-14(17(20)19(16)2)10-9-13-6-4-3-5-7-13/h3-8,11,14,16,18H,9-10H2,1-2H3. The first-order chi connectivity index (χ1) is 10.1. The van der Waals surface area contributed by atoms with E-state index in [1.807, 2.05) is 30.1 Å². The molecule has 0 aliphatic carbocycles. The van der Waals surface area contributed by atoms with E-state index in [0.29, 0.717) is 0 Å². The van der Waals surface area contributed by atoms with Gasteiger partial charge in [0.15, 0.2) is 0 Å². The van der Waals surface area contributed by atoms with Crippen LogP contribution in [0.25, 0.3) is 0 Å². The van der Waals surface area contributed by atoms with Gasteiger partial charge in [0, 0.05) is 16.8 Å². The van der Waals surface area contributed by atoms with Crippen LogP contribution in [0.3, 0.4) is 0 Å². The summed E-state index contributed by atoms with van der Waals surface area (Å²) in [4.78, 5) is 16.7. The summed E-state index contributed by atoms with van der Waals surface area (Å²) < 4.78 is 0. The second-order valence-electron chi connectivity index (χ2n) is 5.54. The van der Waals surface area contributed by atoms with Crippen molar-refractivity contribution >= 4 is 17.2 Å². The number of hydrogen-bond acceptors (Lipinski definition) is 3. The molecule has 2 heterocycles. The van der Waals surface area contributed by atoms with Crippen LogP contribution in [0.4, 0.5) is 0 Å². The molecule has 0 radical (unpaired) electrons. The Morgan fingerprint density at radius 3 is 2.62 bits per heavy atom. The van der Waals surface area contributed by atoms with E-state index in [4.69, 9.17) is 0 Å². The molecule has 2 aromatic rings. The van der Waals surface area contributed by atoms with Crippen LogP contribution in [0.2, 0.25) is 0 Å². The number of carbonyl (C=O) groups excluding carboxylic acids is 1. The van der Waals surface area contributed by atoms with Crippen LogP contribution in [0, 0.1) is 6.92 Å². The van der Waals surface area contributed by atoms with Crippen molar-refractivity contribution in [3.63, 3.8) is 0 Å². The molecule has 2 unspecified atom stereocenters. The molecular formula is C17H20N2OS. The average molecular weight is 300 g/mol. The Morgan fingerprint density at radius 2 is 1.95 bits per heavy atom. The Hall–Kier alpha value is -1.65. The third-order valence-corrected chi connectivity index (χ3v) is 5.04. The first kappa shape index (κ1) is 14.3. The largest absolute Gasteiger partial charge is 0.324 e. The maximum atomic E-state index is 12.4. The van der Waals surface area contributed by atoms with Crippen molar-refractivity contribution in [2.24, 2.45) is 0 Å². The summed E-state index contributed by atoms with van der Waals surface area (Å²) in [6.45, 7) is 2.10. The van der Waals surface area contributed by atoms with Gasteiger partial charge in [-0.2, -0.15) is 0 Å². The summed E-state index contributed by atoms with van der Waals surface area (Å²) >= 11 is 1.75. The number of rotatable bonds is 4. The summed E-state index contributed by atoms with van der Waals surface area (Å²) in [6, 6.07) is 14.5. The smallest absolute Gasteiger partial charge is 0.241 e. The Morgan fingerprint density at radius 1 is 1.19 bits per heavy atom. The van der Waals surface area contributed by atoms with Crippen LogP contribution in [-0.4, -0.2) is 23.9 Å². The molecule has 2 atom stereocenters. The lowest BCUT2D eigenvalue weighted by atomic mass is 10.1. The first-order valence-corrected chi connectivity index (χ1v) is 8.10. The normalized spacial score (nSPS) is 22.0. The molecular weight excluding hydrogens is 280 g/mol. The fourth-order valence-corrected chi connectivity index (χ4v) is 3.76. The molecule has 1 aliphatic rings. The lowest BCUT2D eigenvalue weighted by Crippen LogP contribution is -2.29. The molecule has 110 valence electrons. The van der Waals surface area contributed by atoms with Gasteiger partial charge in [-0.3, -0.25) is 10.1 Å². The number of benzene rings is 1. The molecule has 0 bridgehead atoms. The molecule has 1 N–H and O–H groups in total. The molecule has 0 spiro atoms. The molecule has 0 saturated carbocycles. The van der Waals surface area contributed by atoms with Crippen molar-refractivity contribution < 1.29 is 4.79 Å². The zero-order chi connectivity index (χ0) is 14.8.